The molecule has 122 valence electrons. The number of halogens is 2. The third-order valence-corrected chi connectivity index (χ3v) is 4.93. The highest BCUT2D eigenvalue weighted by Crippen LogP contribution is 2.29. The van der Waals surface area contributed by atoms with Gasteiger partial charge in [-0.2, -0.15) is 0 Å². The van der Waals surface area contributed by atoms with Gasteiger partial charge in [0.2, 0.25) is 0 Å². The van der Waals surface area contributed by atoms with Crippen molar-refractivity contribution in [3.8, 4) is 10.6 Å². The Morgan fingerprint density at radius 2 is 1.62 bits per heavy atom. The van der Waals surface area contributed by atoms with Crippen molar-refractivity contribution < 1.29 is 9.90 Å². The van der Waals surface area contributed by atoms with Crippen LogP contribution in [0.15, 0.2) is 48.5 Å². The van der Waals surface area contributed by atoms with Crippen LogP contribution >= 0.6 is 34.5 Å². The van der Waals surface area contributed by atoms with Crippen molar-refractivity contribution in [2.24, 2.45) is 0 Å². The quantitative estimate of drug-likeness (QED) is 0.621. The number of hydrogen-bond acceptors (Lipinski definition) is 4. The summed E-state index contributed by atoms with van der Waals surface area (Å²) >= 11 is 12.9. The number of carboxylic acids is 1. The highest BCUT2D eigenvalue weighted by atomic mass is 35.5. The van der Waals surface area contributed by atoms with Gasteiger partial charge in [-0.15, -0.1) is 11.3 Å². The summed E-state index contributed by atoms with van der Waals surface area (Å²) < 4.78 is 0. The van der Waals surface area contributed by atoms with E-state index >= 15 is 0 Å². The molecule has 3 aromatic rings. The lowest BCUT2D eigenvalue weighted by atomic mass is 10.2. The summed E-state index contributed by atoms with van der Waals surface area (Å²) in [6, 6.07) is 14.3. The van der Waals surface area contributed by atoms with Crippen LogP contribution in [0.4, 0.5) is 5.69 Å². The lowest BCUT2D eigenvalue weighted by Gasteiger charge is -2.05. The molecule has 7 heteroatoms. The zero-order valence-corrected chi connectivity index (χ0v) is 14.6. The van der Waals surface area contributed by atoms with Crippen LogP contribution < -0.4 is 5.32 Å². The topological polar surface area (TPSA) is 62.2 Å². The summed E-state index contributed by atoms with van der Waals surface area (Å²) in [6.07, 6.45) is 0. The van der Waals surface area contributed by atoms with Gasteiger partial charge in [0.15, 0.2) is 0 Å². The molecule has 0 fully saturated rings. The predicted molar refractivity (Wildman–Crippen MR) is 98.3 cm³/mol. The fourth-order valence-corrected chi connectivity index (χ4v) is 3.29. The van der Waals surface area contributed by atoms with Crippen molar-refractivity contribution in [2.45, 2.75) is 6.54 Å². The largest absolute Gasteiger partial charge is 0.477 e. The Morgan fingerprint density at radius 3 is 2.21 bits per heavy atom. The molecule has 3 rings (SSSR count). The minimum absolute atomic E-state index is 0.224. The third kappa shape index (κ3) is 3.87. The Morgan fingerprint density at radius 1 is 1.04 bits per heavy atom. The van der Waals surface area contributed by atoms with Gasteiger partial charge in [0.05, 0.1) is 12.2 Å². The Balaban J connectivity index is 1.85. The second kappa shape index (κ2) is 7.21. The monoisotopic (exact) mass is 378 g/mol. The first-order valence-electron chi connectivity index (χ1n) is 7.01. The number of carbonyl (C=O) groups is 1. The molecule has 2 N–H and O–H groups in total. The molecule has 0 aliphatic carbocycles. The Kier molecular flexibility index (Phi) is 5.04. The normalized spacial score (nSPS) is 10.6. The first-order chi connectivity index (χ1) is 11.5. The van der Waals surface area contributed by atoms with Gasteiger partial charge in [0.1, 0.15) is 9.88 Å². The van der Waals surface area contributed by atoms with Crippen LogP contribution in [0.3, 0.4) is 0 Å². The van der Waals surface area contributed by atoms with E-state index < -0.39 is 5.97 Å². The Hall–Kier alpha value is -2.08. The molecule has 0 amide bonds. The number of anilines is 1. The summed E-state index contributed by atoms with van der Waals surface area (Å²) in [5.74, 6) is -0.986. The van der Waals surface area contributed by atoms with Crippen LogP contribution in [-0.2, 0) is 6.54 Å². The first kappa shape index (κ1) is 16.8. The van der Waals surface area contributed by atoms with E-state index in [1.165, 1.54) is 0 Å². The molecule has 0 bridgehead atoms. The van der Waals surface area contributed by atoms with Crippen LogP contribution in [0.5, 0.6) is 0 Å². The number of aromatic nitrogens is 1. The summed E-state index contributed by atoms with van der Waals surface area (Å²) in [7, 11) is 0. The van der Waals surface area contributed by atoms with E-state index in [9.17, 15) is 9.90 Å². The lowest BCUT2D eigenvalue weighted by Crippen LogP contribution is -2.05. The summed E-state index contributed by atoms with van der Waals surface area (Å²) in [5, 5.41) is 14.5. The molecule has 0 aliphatic rings. The highest BCUT2D eigenvalue weighted by Gasteiger charge is 2.18. The van der Waals surface area contributed by atoms with E-state index in [0.717, 1.165) is 22.6 Å². The minimum atomic E-state index is -0.986. The molecular weight excluding hydrogens is 367 g/mol. The van der Waals surface area contributed by atoms with E-state index in [0.29, 0.717) is 27.3 Å². The van der Waals surface area contributed by atoms with Crippen LogP contribution in [0.25, 0.3) is 10.6 Å². The maximum absolute atomic E-state index is 11.5. The van der Waals surface area contributed by atoms with E-state index in [-0.39, 0.29) is 4.88 Å². The number of thiazole rings is 1. The van der Waals surface area contributed by atoms with E-state index in [1.54, 1.807) is 24.3 Å². The molecule has 0 saturated carbocycles. The molecule has 0 atom stereocenters. The number of nitrogens with zero attached hydrogens (tertiary/aromatic N) is 1. The van der Waals surface area contributed by atoms with Crippen LogP contribution in [0.2, 0.25) is 10.0 Å². The van der Waals surface area contributed by atoms with Crippen molar-refractivity contribution in [1.29, 1.82) is 0 Å². The molecule has 24 heavy (non-hydrogen) atoms. The van der Waals surface area contributed by atoms with Gasteiger partial charge in [0.25, 0.3) is 0 Å². The first-order valence-corrected chi connectivity index (χ1v) is 8.58. The lowest BCUT2D eigenvalue weighted by molar-refractivity contribution is 0.0701. The van der Waals surface area contributed by atoms with Crippen LogP contribution in [0.1, 0.15) is 15.4 Å². The molecule has 2 aromatic carbocycles. The summed E-state index contributed by atoms with van der Waals surface area (Å²) in [5.41, 5.74) is 2.17. The van der Waals surface area contributed by atoms with Gasteiger partial charge in [0, 0.05) is 21.3 Å². The number of hydrogen-bond donors (Lipinski definition) is 2. The third-order valence-electron chi connectivity index (χ3n) is 3.29. The van der Waals surface area contributed by atoms with Gasteiger partial charge >= 0.3 is 5.97 Å². The molecule has 0 radical (unpaired) electrons. The smallest absolute Gasteiger partial charge is 0.347 e. The average Bonchev–Trinajstić information content (AvgIpc) is 2.99. The molecule has 0 saturated heterocycles. The van der Waals surface area contributed by atoms with Gasteiger partial charge in [-0.05, 0) is 36.4 Å². The van der Waals surface area contributed by atoms with Gasteiger partial charge < -0.3 is 10.4 Å². The fraction of sp³-hybridized carbons (Fsp3) is 0.0588. The molecule has 0 aliphatic heterocycles. The van der Waals surface area contributed by atoms with Crippen molar-refractivity contribution in [3.63, 3.8) is 0 Å². The van der Waals surface area contributed by atoms with Crippen molar-refractivity contribution in [1.82, 2.24) is 4.98 Å². The predicted octanol–water partition coefficient (Wildman–Crippen LogP) is 5.43. The highest BCUT2D eigenvalue weighted by molar-refractivity contribution is 7.17. The number of aromatic carboxylic acids is 1. The van der Waals surface area contributed by atoms with Gasteiger partial charge in [-0.3, -0.25) is 0 Å². The number of benzene rings is 2. The van der Waals surface area contributed by atoms with Crippen molar-refractivity contribution in [3.05, 3.63) is 69.1 Å². The van der Waals surface area contributed by atoms with Gasteiger partial charge in [-0.25, -0.2) is 9.78 Å². The second-order valence-electron chi connectivity index (χ2n) is 4.97. The SMILES string of the molecule is O=C(O)c1sc(-c2ccc(Cl)cc2)nc1CNc1ccc(Cl)cc1. The zero-order chi connectivity index (χ0) is 17.1. The Bertz CT molecular complexity index is 861. The zero-order valence-electron chi connectivity index (χ0n) is 12.3. The summed E-state index contributed by atoms with van der Waals surface area (Å²) in [4.78, 5) is 16.2. The van der Waals surface area contributed by atoms with Crippen LogP contribution in [0, 0.1) is 0 Å². The summed E-state index contributed by atoms with van der Waals surface area (Å²) in [6.45, 7) is 0.313. The van der Waals surface area contributed by atoms with Crippen molar-refractivity contribution in [2.75, 3.05) is 5.32 Å². The molecular formula is C17H12Cl2N2O2S. The standard InChI is InChI=1S/C17H12Cl2N2O2S/c18-11-3-1-10(2-4-11)16-21-14(15(24-16)17(22)23)9-20-13-7-5-12(19)6-8-13/h1-8,20H,9H2,(H,22,23). The fourth-order valence-electron chi connectivity index (χ4n) is 2.11. The van der Waals surface area contributed by atoms with Gasteiger partial charge in [-0.1, -0.05) is 35.3 Å². The van der Waals surface area contributed by atoms with Crippen LogP contribution in [-0.4, -0.2) is 16.1 Å². The average molecular weight is 379 g/mol. The number of nitrogens with one attached hydrogen (secondary N) is 1. The number of rotatable bonds is 5. The molecule has 0 spiro atoms. The molecule has 0 unspecified atom stereocenters. The maximum atomic E-state index is 11.5. The van der Waals surface area contributed by atoms with E-state index in [4.69, 9.17) is 23.2 Å². The molecule has 1 heterocycles. The maximum Gasteiger partial charge on any atom is 0.347 e. The van der Waals surface area contributed by atoms with E-state index in [2.05, 4.69) is 10.3 Å². The molecule has 4 nitrogen and oxygen atoms in total. The Labute approximate surface area is 152 Å². The van der Waals surface area contributed by atoms with E-state index in [1.807, 2.05) is 24.3 Å². The second-order valence-corrected chi connectivity index (χ2v) is 6.84. The number of carboxylic acid groups (broad SMARTS) is 1. The molecule has 1 aromatic heterocycles. The minimum Gasteiger partial charge on any atom is -0.477 e. The van der Waals surface area contributed by atoms with Crippen molar-refractivity contribution >= 4 is 46.2 Å².